The predicted octanol–water partition coefficient (Wildman–Crippen LogP) is 4.31. The SMILES string of the molecule is CCOc1cc2ncnc(Nc3cccc(F)c3)c2cc1OCC. The molecule has 0 amide bonds. The van der Waals surface area contributed by atoms with Crippen LogP contribution in [0.5, 0.6) is 11.5 Å². The van der Waals surface area contributed by atoms with Gasteiger partial charge in [0.25, 0.3) is 0 Å². The molecule has 1 heterocycles. The first-order valence-corrected chi connectivity index (χ1v) is 7.78. The summed E-state index contributed by atoms with van der Waals surface area (Å²) < 4.78 is 24.6. The number of aromatic nitrogens is 2. The Morgan fingerprint density at radius 1 is 1.00 bits per heavy atom. The number of nitrogens with one attached hydrogen (secondary N) is 1. The summed E-state index contributed by atoms with van der Waals surface area (Å²) in [7, 11) is 0. The van der Waals surface area contributed by atoms with Crippen molar-refractivity contribution in [1.29, 1.82) is 0 Å². The summed E-state index contributed by atoms with van der Waals surface area (Å²) in [6.07, 6.45) is 1.46. The molecule has 0 spiro atoms. The summed E-state index contributed by atoms with van der Waals surface area (Å²) in [5.41, 5.74) is 1.33. The van der Waals surface area contributed by atoms with Gasteiger partial charge in [0.2, 0.25) is 0 Å². The lowest BCUT2D eigenvalue weighted by Crippen LogP contribution is -2.01. The molecule has 24 heavy (non-hydrogen) atoms. The molecule has 3 aromatic rings. The van der Waals surface area contributed by atoms with Crippen molar-refractivity contribution in [3.8, 4) is 11.5 Å². The largest absolute Gasteiger partial charge is 0.490 e. The lowest BCUT2D eigenvalue weighted by atomic mass is 10.2. The number of rotatable bonds is 6. The molecule has 1 N–H and O–H groups in total. The normalized spacial score (nSPS) is 10.6. The summed E-state index contributed by atoms with van der Waals surface area (Å²) in [6, 6.07) is 9.87. The Morgan fingerprint density at radius 3 is 2.46 bits per heavy atom. The second-order valence-electron chi connectivity index (χ2n) is 5.04. The van der Waals surface area contributed by atoms with Gasteiger partial charge in [0.15, 0.2) is 11.5 Å². The summed E-state index contributed by atoms with van der Waals surface area (Å²) in [5, 5.41) is 3.89. The van der Waals surface area contributed by atoms with Crippen molar-refractivity contribution in [1.82, 2.24) is 9.97 Å². The molecule has 1 aromatic heterocycles. The zero-order chi connectivity index (χ0) is 16.9. The van der Waals surface area contributed by atoms with E-state index in [4.69, 9.17) is 9.47 Å². The zero-order valence-corrected chi connectivity index (χ0v) is 13.5. The molecule has 0 bridgehead atoms. The van der Waals surface area contributed by atoms with E-state index in [0.29, 0.717) is 36.2 Å². The molecule has 0 saturated carbocycles. The Morgan fingerprint density at radius 2 is 1.75 bits per heavy atom. The molecular weight excluding hydrogens is 309 g/mol. The smallest absolute Gasteiger partial charge is 0.163 e. The third-order valence-electron chi connectivity index (χ3n) is 3.39. The average Bonchev–Trinajstić information content (AvgIpc) is 2.56. The first-order chi connectivity index (χ1) is 11.7. The highest BCUT2D eigenvalue weighted by Gasteiger charge is 2.12. The zero-order valence-electron chi connectivity index (χ0n) is 13.5. The summed E-state index contributed by atoms with van der Waals surface area (Å²) in [5.74, 6) is 1.53. The van der Waals surface area contributed by atoms with Crippen LogP contribution in [0.25, 0.3) is 10.9 Å². The Hall–Kier alpha value is -2.89. The number of halogens is 1. The van der Waals surface area contributed by atoms with Gasteiger partial charge in [0.1, 0.15) is 18.0 Å². The molecule has 2 aromatic carbocycles. The van der Waals surface area contributed by atoms with Crippen LogP contribution < -0.4 is 14.8 Å². The molecule has 5 nitrogen and oxygen atoms in total. The van der Waals surface area contributed by atoms with Crippen LogP contribution in [0.15, 0.2) is 42.7 Å². The minimum absolute atomic E-state index is 0.313. The van der Waals surface area contributed by atoms with Crippen LogP contribution in [0.4, 0.5) is 15.9 Å². The van der Waals surface area contributed by atoms with E-state index in [9.17, 15) is 4.39 Å². The molecule has 0 aliphatic rings. The standard InChI is InChI=1S/C18H18FN3O2/c1-3-23-16-9-14-15(10-17(16)24-4-2)20-11-21-18(14)22-13-7-5-6-12(19)8-13/h5-11H,3-4H2,1-2H3,(H,20,21,22). The van der Waals surface area contributed by atoms with Gasteiger partial charge in [-0.2, -0.15) is 0 Å². The number of hydrogen-bond acceptors (Lipinski definition) is 5. The van der Waals surface area contributed by atoms with Gasteiger partial charge in [-0.15, -0.1) is 0 Å². The van der Waals surface area contributed by atoms with Crippen LogP contribution >= 0.6 is 0 Å². The second kappa shape index (κ2) is 7.12. The van der Waals surface area contributed by atoms with Crippen LogP contribution in [0.1, 0.15) is 13.8 Å². The third kappa shape index (κ3) is 3.37. The Kier molecular flexibility index (Phi) is 4.74. The maximum absolute atomic E-state index is 13.4. The molecule has 0 radical (unpaired) electrons. The number of anilines is 2. The maximum Gasteiger partial charge on any atom is 0.163 e. The fraction of sp³-hybridized carbons (Fsp3) is 0.222. The minimum Gasteiger partial charge on any atom is -0.490 e. The van der Waals surface area contributed by atoms with Crippen molar-refractivity contribution in [2.45, 2.75) is 13.8 Å². The van der Waals surface area contributed by atoms with Crippen molar-refractivity contribution >= 4 is 22.4 Å². The Labute approximate surface area is 139 Å². The molecule has 0 saturated heterocycles. The lowest BCUT2D eigenvalue weighted by molar-refractivity contribution is 0.288. The van der Waals surface area contributed by atoms with Crippen LogP contribution in [-0.4, -0.2) is 23.2 Å². The van der Waals surface area contributed by atoms with Crippen molar-refractivity contribution in [3.63, 3.8) is 0 Å². The first kappa shape index (κ1) is 16.0. The molecule has 3 rings (SSSR count). The highest BCUT2D eigenvalue weighted by atomic mass is 19.1. The molecule has 124 valence electrons. The van der Waals surface area contributed by atoms with E-state index >= 15 is 0 Å². The Bertz CT molecular complexity index is 855. The van der Waals surface area contributed by atoms with E-state index in [1.807, 2.05) is 26.0 Å². The second-order valence-corrected chi connectivity index (χ2v) is 5.04. The van der Waals surface area contributed by atoms with Crippen LogP contribution in [0.3, 0.4) is 0 Å². The van der Waals surface area contributed by atoms with E-state index in [1.54, 1.807) is 12.1 Å². The average molecular weight is 327 g/mol. The fourth-order valence-electron chi connectivity index (χ4n) is 2.40. The van der Waals surface area contributed by atoms with Gasteiger partial charge >= 0.3 is 0 Å². The quantitative estimate of drug-likeness (QED) is 0.731. The number of benzene rings is 2. The van der Waals surface area contributed by atoms with Gasteiger partial charge in [0.05, 0.1) is 18.7 Å². The van der Waals surface area contributed by atoms with Crippen molar-refractivity contribution in [2.24, 2.45) is 0 Å². The molecule has 0 aliphatic carbocycles. The van der Waals surface area contributed by atoms with E-state index in [1.165, 1.54) is 18.5 Å². The molecule has 0 fully saturated rings. The van der Waals surface area contributed by atoms with Gasteiger partial charge in [-0.05, 0) is 38.1 Å². The highest BCUT2D eigenvalue weighted by Crippen LogP contribution is 2.35. The monoisotopic (exact) mass is 327 g/mol. The minimum atomic E-state index is -0.313. The number of hydrogen-bond donors (Lipinski definition) is 1. The van der Waals surface area contributed by atoms with Crippen LogP contribution in [0, 0.1) is 5.82 Å². The van der Waals surface area contributed by atoms with Gasteiger partial charge in [0, 0.05) is 17.1 Å². The van der Waals surface area contributed by atoms with Gasteiger partial charge in [-0.25, -0.2) is 14.4 Å². The van der Waals surface area contributed by atoms with E-state index in [2.05, 4.69) is 15.3 Å². The van der Waals surface area contributed by atoms with Gasteiger partial charge < -0.3 is 14.8 Å². The topological polar surface area (TPSA) is 56.3 Å². The van der Waals surface area contributed by atoms with Crippen LogP contribution in [0.2, 0.25) is 0 Å². The molecular formula is C18H18FN3O2. The van der Waals surface area contributed by atoms with Gasteiger partial charge in [-0.3, -0.25) is 0 Å². The van der Waals surface area contributed by atoms with Crippen molar-refractivity contribution in [3.05, 3.63) is 48.5 Å². The third-order valence-corrected chi connectivity index (χ3v) is 3.39. The predicted molar refractivity (Wildman–Crippen MR) is 91.6 cm³/mol. The van der Waals surface area contributed by atoms with E-state index in [-0.39, 0.29) is 5.82 Å². The highest BCUT2D eigenvalue weighted by molar-refractivity contribution is 5.93. The Balaban J connectivity index is 2.06. The van der Waals surface area contributed by atoms with Crippen molar-refractivity contribution < 1.29 is 13.9 Å². The molecule has 0 aliphatic heterocycles. The number of nitrogens with zero attached hydrogens (tertiary/aromatic N) is 2. The van der Waals surface area contributed by atoms with E-state index < -0.39 is 0 Å². The summed E-state index contributed by atoms with van der Waals surface area (Å²) in [4.78, 5) is 8.55. The van der Waals surface area contributed by atoms with E-state index in [0.717, 1.165) is 10.9 Å². The van der Waals surface area contributed by atoms with Crippen molar-refractivity contribution in [2.75, 3.05) is 18.5 Å². The summed E-state index contributed by atoms with van der Waals surface area (Å²) in [6.45, 7) is 4.88. The van der Waals surface area contributed by atoms with Crippen LogP contribution in [-0.2, 0) is 0 Å². The number of ether oxygens (including phenoxy) is 2. The lowest BCUT2D eigenvalue weighted by Gasteiger charge is -2.14. The maximum atomic E-state index is 13.4. The first-order valence-electron chi connectivity index (χ1n) is 7.78. The van der Waals surface area contributed by atoms with Gasteiger partial charge in [-0.1, -0.05) is 6.07 Å². The summed E-state index contributed by atoms with van der Waals surface area (Å²) >= 11 is 0. The molecule has 6 heteroatoms. The number of fused-ring (bicyclic) bond motifs is 1. The fourth-order valence-corrected chi connectivity index (χ4v) is 2.40. The molecule has 0 atom stereocenters. The molecule has 0 unspecified atom stereocenters.